The van der Waals surface area contributed by atoms with E-state index in [1.165, 1.54) is 0 Å². The molecule has 1 amide bonds. The number of nitrogens with one attached hydrogen (secondary N) is 2. The van der Waals surface area contributed by atoms with Crippen LogP contribution in [0.4, 0.5) is 0 Å². The third kappa shape index (κ3) is 9.48. The molecule has 4 nitrogen and oxygen atoms in total. The summed E-state index contributed by atoms with van der Waals surface area (Å²) in [6, 6.07) is 0. The summed E-state index contributed by atoms with van der Waals surface area (Å²) in [4.78, 5) is 11.1. The quantitative estimate of drug-likeness (QED) is 0.564. The molecule has 0 saturated heterocycles. The second-order valence-corrected chi connectivity index (χ2v) is 3.48. The average molecular weight is 202 g/mol. The maximum absolute atomic E-state index is 11.1. The lowest BCUT2D eigenvalue weighted by molar-refractivity contribution is -0.121. The van der Waals surface area contributed by atoms with Gasteiger partial charge in [0.25, 0.3) is 0 Å². The van der Waals surface area contributed by atoms with E-state index in [1.54, 1.807) is 0 Å². The zero-order chi connectivity index (χ0) is 10.8. The number of amides is 1. The van der Waals surface area contributed by atoms with Crippen LogP contribution in [0, 0.1) is 0 Å². The highest BCUT2D eigenvalue weighted by Crippen LogP contribution is 1.89. The second-order valence-electron chi connectivity index (χ2n) is 3.48. The van der Waals surface area contributed by atoms with Crippen molar-refractivity contribution in [1.29, 1.82) is 0 Å². The molecule has 84 valence electrons. The van der Waals surface area contributed by atoms with Crippen molar-refractivity contribution in [3.63, 3.8) is 0 Å². The molecule has 0 heterocycles. The highest BCUT2D eigenvalue weighted by molar-refractivity contribution is 5.75. The molecule has 0 aliphatic heterocycles. The smallest absolute Gasteiger partial charge is 0.221 e. The molecule has 0 radical (unpaired) electrons. The molecular weight excluding hydrogens is 180 g/mol. The maximum atomic E-state index is 11.1. The lowest BCUT2D eigenvalue weighted by Crippen LogP contribution is -2.28. The Morgan fingerprint density at radius 1 is 1.36 bits per heavy atom. The summed E-state index contributed by atoms with van der Waals surface area (Å²) >= 11 is 0. The highest BCUT2D eigenvalue weighted by Gasteiger charge is 1.98. The van der Waals surface area contributed by atoms with E-state index in [9.17, 15) is 4.79 Å². The number of hydrogen-bond acceptors (Lipinski definition) is 3. The van der Waals surface area contributed by atoms with Crippen molar-refractivity contribution >= 4 is 5.91 Å². The fourth-order valence-corrected chi connectivity index (χ4v) is 0.946. The Morgan fingerprint density at radius 2 is 2.07 bits per heavy atom. The van der Waals surface area contributed by atoms with Gasteiger partial charge in [-0.05, 0) is 27.3 Å². The first kappa shape index (κ1) is 13.4. The fraction of sp³-hybridized carbons (Fsp3) is 0.900. The highest BCUT2D eigenvalue weighted by atomic mass is 16.5. The predicted molar refractivity (Wildman–Crippen MR) is 57.3 cm³/mol. The van der Waals surface area contributed by atoms with Gasteiger partial charge in [-0.15, -0.1) is 0 Å². The van der Waals surface area contributed by atoms with Crippen molar-refractivity contribution in [2.45, 2.75) is 32.8 Å². The molecule has 0 aliphatic carbocycles. The molecule has 0 rings (SSSR count). The van der Waals surface area contributed by atoms with Gasteiger partial charge in [-0.1, -0.05) is 0 Å². The van der Waals surface area contributed by atoms with E-state index in [0.717, 1.165) is 13.0 Å². The standard InChI is InChI=1S/C10H22N2O2/c1-9(2)14-8-4-6-12-10(13)5-7-11-3/h9,11H,4-8H2,1-3H3,(H,12,13). The monoisotopic (exact) mass is 202 g/mol. The van der Waals surface area contributed by atoms with Crippen molar-refractivity contribution in [2.24, 2.45) is 0 Å². The molecular formula is C10H22N2O2. The minimum atomic E-state index is 0.101. The summed E-state index contributed by atoms with van der Waals surface area (Å²) < 4.78 is 5.34. The largest absolute Gasteiger partial charge is 0.379 e. The lowest BCUT2D eigenvalue weighted by Gasteiger charge is -2.08. The Labute approximate surface area is 86.4 Å². The van der Waals surface area contributed by atoms with E-state index < -0.39 is 0 Å². The van der Waals surface area contributed by atoms with E-state index in [0.29, 0.717) is 19.6 Å². The number of ether oxygens (including phenoxy) is 1. The van der Waals surface area contributed by atoms with Gasteiger partial charge in [0.05, 0.1) is 6.10 Å². The summed E-state index contributed by atoms with van der Waals surface area (Å²) in [6.07, 6.45) is 1.69. The molecule has 0 atom stereocenters. The topological polar surface area (TPSA) is 50.4 Å². The molecule has 0 saturated carbocycles. The van der Waals surface area contributed by atoms with Gasteiger partial charge in [-0.3, -0.25) is 4.79 Å². The van der Waals surface area contributed by atoms with Crippen LogP contribution in [0.1, 0.15) is 26.7 Å². The molecule has 4 heteroatoms. The molecule has 0 spiro atoms. The Morgan fingerprint density at radius 3 is 2.64 bits per heavy atom. The van der Waals surface area contributed by atoms with Crippen LogP contribution >= 0.6 is 0 Å². The van der Waals surface area contributed by atoms with Gasteiger partial charge in [-0.2, -0.15) is 0 Å². The average Bonchev–Trinajstić information content (AvgIpc) is 2.13. The zero-order valence-electron chi connectivity index (χ0n) is 9.43. The molecule has 0 aliphatic rings. The number of hydrogen-bond donors (Lipinski definition) is 2. The summed E-state index contributed by atoms with van der Waals surface area (Å²) in [5.74, 6) is 0.101. The van der Waals surface area contributed by atoms with E-state index >= 15 is 0 Å². The number of rotatable bonds is 8. The predicted octanol–water partition coefficient (Wildman–Crippen LogP) is 0.527. The van der Waals surface area contributed by atoms with Crippen molar-refractivity contribution in [2.75, 3.05) is 26.7 Å². The van der Waals surface area contributed by atoms with E-state index in [4.69, 9.17) is 4.74 Å². The van der Waals surface area contributed by atoms with Crippen molar-refractivity contribution in [3.05, 3.63) is 0 Å². The van der Waals surface area contributed by atoms with Gasteiger partial charge in [-0.25, -0.2) is 0 Å². The number of carbonyl (C=O) groups excluding carboxylic acids is 1. The minimum Gasteiger partial charge on any atom is -0.379 e. The van der Waals surface area contributed by atoms with E-state index in [2.05, 4.69) is 10.6 Å². The van der Waals surface area contributed by atoms with Gasteiger partial charge in [0.1, 0.15) is 0 Å². The Bertz CT molecular complexity index is 149. The first-order valence-electron chi connectivity index (χ1n) is 5.19. The summed E-state index contributed by atoms with van der Waals surface area (Å²) in [7, 11) is 1.84. The molecule has 0 aromatic rings. The molecule has 0 bridgehead atoms. The summed E-state index contributed by atoms with van der Waals surface area (Å²) in [5, 5.41) is 5.76. The molecule has 0 unspecified atom stereocenters. The maximum Gasteiger partial charge on any atom is 0.221 e. The number of carbonyl (C=O) groups is 1. The fourth-order valence-electron chi connectivity index (χ4n) is 0.946. The molecule has 0 aromatic heterocycles. The van der Waals surface area contributed by atoms with Crippen molar-refractivity contribution in [3.8, 4) is 0 Å². The van der Waals surface area contributed by atoms with Crippen LogP contribution in [0.2, 0.25) is 0 Å². The van der Waals surface area contributed by atoms with Crippen LogP contribution < -0.4 is 10.6 Å². The van der Waals surface area contributed by atoms with Crippen LogP contribution in [0.3, 0.4) is 0 Å². The van der Waals surface area contributed by atoms with Crippen LogP contribution in [0.15, 0.2) is 0 Å². The van der Waals surface area contributed by atoms with Crippen LogP contribution in [0.5, 0.6) is 0 Å². The summed E-state index contributed by atoms with van der Waals surface area (Å²) in [5.41, 5.74) is 0. The first-order chi connectivity index (χ1) is 6.66. The van der Waals surface area contributed by atoms with Gasteiger partial charge >= 0.3 is 0 Å². The third-order valence-electron chi connectivity index (χ3n) is 1.70. The van der Waals surface area contributed by atoms with Crippen LogP contribution in [-0.2, 0) is 9.53 Å². The van der Waals surface area contributed by atoms with E-state index in [1.807, 2.05) is 20.9 Å². The second kappa shape index (κ2) is 8.97. The lowest BCUT2D eigenvalue weighted by atomic mass is 10.3. The van der Waals surface area contributed by atoms with Gasteiger partial charge < -0.3 is 15.4 Å². The van der Waals surface area contributed by atoms with Gasteiger partial charge in [0, 0.05) is 26.1 Å². The normalized spacial score (nSPS) is 10.6. The van der Waals surface area contributed by atoms with Gasteiger partial charge in [0.2, 0.25) is 5.91 Å². The van der Waals surface area contributed by atoms with Crippen LogP contribution in [-0.4, -0.2) is 38.8 Å². The molecule has 0 fully saturated rings. The Kier molecular flexibility index (Phi) is 8.57. The Balaban J connectivity index is 3.15. The van der Waals surface area contributed by atoms with E-state index in [-0.39, 0.29) is 12.0 Å². The van der Waals surface area contributed by atoms with Gasteiger partial charge in [0.15, 0.2) is 0 Å². The third-order valence-corrected chi connectivity index (χ3v) is 1.70. The summed E-state index contributed by atoms with van der Waals surface area (Å²) in [6.45, 7) is 6.16. The SMILES string of the molecule is CNCCC(=O)NCCCOC(C)C. The molecule has 14 heavy (non-hydrogen) atoms. The first-order valence-corrected chi connectivity index (χ1v) is 5.19. The Hall–Kier alpha value is -0.610. The minimum absolute atomic E-state index is 0.101. The molecule has 2 N–H and O–H groups in total. The van der Waals surface area contributed by atoms with Crippen molar-refractivity contribution < 1.29 is 9.53 Å². The van der Waals surface area contributed by atoms with Crippen molar-refractivity contribution in [1.82, 2.24) is 10.6 Å². The molecule has 0 aromatic carbocycles. The van der Waals surface area contributed by atoms with Crippen LogP contribution in [0.25, 0.3) is 0 Å². The zero-order valence-corrected chi connectivity index (χ0v) is 9.43.